The molecule has 2 fully saturated rings. The van der Waals surface area contributed by atoms with Gasteiger partial charge in [0.25, 0.3) is 0 Å². The van der Waals surface area contributed by atoms with Gasteiger partial charge < -0.3 is 25.4 Å². The lowest BCUT2D eigenvalue weighted by atomic mass is 9.82. The summed E-state index contributed by atoms with van der Waals surface area (Å²) in [6.07, 6.45) is 7.73. The van der Waals surface area contributed by atoms with E-state index in [0.717, 1.165) is 67.0 Å². The van der Waals surface area contributed by atoms with Crippen molar-refractivity contribution in [1.82, 2.24) is 35.9 Å². The van der Waals surface area contributed by atoms with Gasteiger partial charge in [-0.2, -0.15) is 10.5 Å². The molecule has 12 heteroatoms. The van der Waals surface area contributed by atoms with E-state index >= 15 is 0 Å². The number of anilines is 2. The molecule has 0 unspecified atom stereocenters. The number of aromatic nitrogens is 6. The second-order valence-electron chi connectivity index (χ2n) is 11.6. The highest BCUT2D eigenvalue weighted by molar-refractivity contribution is 5.68. The molecule has 1 aliphatic carbocycles. The molecule has 3 aromatic rings. The number of pyridine rings is 2. The minimum Gasteiger partial charge on any atom is -0.381 e. The standard InChI is InChI=1S/C30H42N10O2/c1-20-16-32-28(15-25(20)26-5-4-6-27(36-26)33-19-30(18-31)11-13-41-14-12-30)35-24-9-7-23(8-10-24)34-21(2)22(3)42-17-29-37-39-40-38-29/h4-6,15-16,21-24,34H,7-14,17,19H2,1-3H3,(H,32,35)(H,33,36)(H,37,38,39,40)/t21-,22-,23?,24?/m1/s1. The number of aryl methyl sites for hydroxylation is 1. The van der Waals surface area contributed by atoms with Crippen LogP contribution in [-0.4, -0.2) is 74.6 Å². The van der Waals surface area contributed by atoms with Gasteiger partial charge in [-0.15, -0.1) is 10.2 Å². The fourth-order valence-corrected chi connectivity index (χ4v) is 5.63. The molecule has 1 saturated heterocycles. The highest BCUT2D eigenvalue weighted by Crippen LogP contribution is 2.31. The number of rotatable bonds is 12. The van der Waals surface area contributed by atoms with Gasteiger partial charge in [0.1, 0.15) is 18.2 Å². The molecule has 0 amide bonds. The molecule has 1 aliphatic heterocycles. The first-order chi connectivity index (χ1) is 20.4. The third-order valence-electron chi connectivity index (χ3n) is 8.57. The van der Waals surface area contributed by atoms with Crippen molar-refractivity contribution in [2.75, 3.05) is 30.4 Å². The monoisotopic (exact) mass is 574 g/mol. The zero-order valence-electron chi connectivity index (χ0n) is 24.8. The predicted molar refractivity (Wildman–Crippen MR) is 159 cm³/mol. The summed E-state index contributed by atoms with van der Waals surface area (Å²) in [6.45, 7) is 8.46. The van der Waals surface area contributed by atoms with Gasteiger partial charge in [0.2, 0.25) is 0 Å². The molecule has 0 aromatic carbocycles. The van der Waals surface area contributed by atoms with Crippen LogP contribution in [0.2, 0.25) is 0 Å². The van der Waals surface area contributed by atoms with E-state index in [1.54, 1.807) is 0 Å². The van der Waals surface area contributed by atoms with Gasteiger partial charge in [-0.1, -0.05) is 11.3 Å². The quantitative estimate of drug-likeness (QED) is 0.248. The van der Waals surface area contributed by atoms with Crippen molar-refractivity contribution in [3.05, 3.63) is 41.9 Å². The van der Waals surface area contributed by atoms with Crippen LogP contribution in [0.4, 0.5) is 11.6 Å². The molecule has 2 aliphatic rings. The average Bonchev–Trinajstić information content (AvgIpc) is 3.55. The summed E-state index contributed by atoms with van der Waals surface area (Å²) >= 11 is 0. The molecule has 2 atom stereocenters. The van der Waals surface area contributed by atoms with Gasteiger partial charge in [-0.05, 0) is 83.1 Å². The predicted octanol–water partition coefficient (Wildman–Crippen LogP) is 4.00. The van der Waals surface area contributed by atoms with Crippen LogP contribution in [0.5, 0.6) is 0 Å². The molecule has 0 bridgehead atoms. The van der Waals surface area contributed by atoms with Crippen molar-refractivity contribution in [3.8, 4) is 17.3 Å². The lowest BCUT2D eigenvalue weighted by Gasteiger charge is -2.33. The summed E-state index contributed by atoms with van der Waals surface area (Å²) in [5, 5.41) is 34.5. The number of hydrogen-bond acceptors (Lipinski definition) is 11. The lowest BCUT2D eigenvalue weighted by molar-refractivity contribution is 0.0237. The molecule has 3 aromatic heterocycles. The Bertz CT molecular complexity index is 1310. The molecule has 1 saturated carbocycles. The zero-order valence-corrected chi connectivity index (χ0v) is 24.8. The first kappa shape index (κ1) is 29.8. The number of nitrogens with one attached hydrogen (secondary N) is 4. The third kappa shape index (κ3) is 7.79. The molecule has 42 heavy (non-hydrogen) atoms. The van der Waals surface area contributed by atoms with E-state index in [2.05, 4.69) is 74.5 Å². The number of nitrogens with zero attached hydrogens (tertiary/aromatic N) is 6. The van der Waals surface area contributed by atoms with E-state index in [-0.39, 0.29) is 12.1 Å². The SMILES string of the molecule is Cc1cnc(NC2CCC(N[C@H](C)[C@@H](C)OCc3nn[nH]n3)CC2)cc1-c1cccc(NCC2(C#N)CCOCC2)n1. The van der Waals surface area contributed by atoms with Crippen LogP contribution in [-0.2, 0) is 16.1 Å². The Morgan fingerprint density at radius 2 is 1.93 bits per heavy atom. The van der Waals surface area contributed by atoms with Gasteiger partial charge in [-0.25, -0.2) is 9.97 Å². The first-order valence-electron chi connectivity index (χ1n) is 15.0. The summed E-state index contributed by atoms with van der Waals surface area (Å²) < 4.78 is 11.4. The van der Waals surface area contributed by atoms with E-state index < -0.39 is 5.41 Å². The van der Waals surface area contributed by atoms with Crippen LogP contribution in [0, 0.1) is 23.7 Å². The Morgan fingerprint density at radius 1 is 1.14 bits per heavy atom. The maximum atomic E-state index is 9.78. The zero-order chi connectivity index (χ0) is 29.4. The largest absolute Gasteiger partial charge is 0.381 e. The van der Waals surface area contributed by atoms with Crippen LogP contribution in [0.25, 0.3) is 11.3 Å². The van der Waals surface area contributed by atoms with Crippen LogP contribution < -0.4 is 16.0 Å². The summed E-state index contributed by atoms with van der Waals surface area (Å²) in [4.78, 5) is 9.56. The van der Waals surface area contributed by atoms with E-state index in [4.69, 9.17) is 14.5 Å². The van der Waals surface area contributed by atoms with Crippen molar-refractivity contribution in [3.63, 3.8) is 0 Å². The normalized spacial score (nSPS) is 21.7. The van der Waals surface area contributed by atoms with E-state index in [1.165, 1.54) is 0 Å². The Kier molecular flexibility index (Phi) is 9.94. The Labute approximate surface area is 247 Å². The molecule has 224 valence electrons. The van der Waals surface area contributed by atoms with Crippen molar-refractivity contribution in [2.45, 2.75) is 90.1 Å². The molecule has 4 heterocycles. The Hall–Kier alpha value is -3.66. The summed E-state index contributed by atoms with van der Waals surface area (Å²) in [7, 11) is 0. The molecule has 0 radical (unpaired) electrons. The van der Waals surface area contributed by atoms with Crippen LogP contribution in [0.15, 0.2) is 30.5 Å². The molecule has 0 spiro atoms. The molecule has 12 nitrogen and oxygen atoms in total. The second-order valence-corrected chi connectivity index (χ2v) is 11.6. The second kappa shape index (κ2) is 14.0. The van der Waals surface area contributed by atoms with E-state index in [9.17, 15) is 5.26 Å². The maximum absolute atomic E-state index is 9.78. The van der Waals surface area contributed by atoms with Crippen molar-refractivity contribution >= 4 is 11.6 Å². The molecular weight excluding hydrogens is 532 g/mol. The minimum absolute atomic E-state index is 0.0335. The number of ether oxygens (including phenoxy) is 2. The third-order valence-corrected chi connectivity index (χ3v) is 8.57. The van der Waals surface area contributed by atoms with Gasteiger partial charge in [-0.3, -0.25) is 0 Å². The summed E-state index contributed by atoms with van der Waals surface area (Å²) in [5.74, 6) is 2.20. The van der Waals surface area contributed by atoms with Gasteiger partial charge >= 0.3 is 0 Å². The number of nitriles is 1. The number of aromatic amines is 1. The van der Waals surface area contributed by atoms with Crippen molar-refractivity contribution in [2.24, 2.45) is 5.41 Å². The van der Waals surface area contributed by atoms with Gasteiger partial charge in [0, 0.05) is 49.6 Å². The lowest BCUT2D eigenvalue weighted by Crippen LogP contribution is -2.46. The Balaban J connectivity index is 1.12. The fourth-order valence-electron chi connectivity index (χ4n) is 5.63. The molecule has 5 rings (SSSR count). The van der Waals surface area contributed by atoms with E-state index in [1.807, 2.05) is 24.4 Å². The van der Waals surface area contributed by atoms with Crippen LogP contribution >= 0.6 is 0 Å². The average molecular weight is 575 g/mol. The van der Waals surface area contributed by atoms with Crippen LogP contribution in [0.3, 0.4) is 0 Å². The highest BCUT2D eigenvalue weighted by Gasteiger charge is 2.32. The van der Waals surface area contributed by atoms with Gasteiger partial charge in [0.05, 0.1) is 23.3 Å². The van der Waals surface area contributed by atoms with Crippen LogP contribution in [0.1, 0.15) is 63.8 Å². The molecule has 4 N–H and O–H groups in total. The molecular formula is C30H42N10O2. The first-order valence-corrected chi connectivity index (χ1v) is 15.0. The summed E-state index contributed by atoms with van der Waals surface area (Å²) in [5.41, 5.74) is 2.60. The summed E-state index contributed by atoms with van der Waals surface area (Å²) in [6, 6.07) is 11.6. The Morgan fingerprint density at radius 3 is 2.67 bits per heavy atom. The van der Waals surface area contributed by atoms with Crippen molar-refractivity contribution < 1.29 is 9.47 Å². The maximum Gasteiger partial charge on any atom is 0.200 e. The van der Waals surface area contributed by atoms with Crippen molar-refractivity contribution in [1.29, 1.82) is 5.26 Å². The number of hydrogen-bond donors (Lipinski definition) is 4. The van der Waals surface area contributed by atoms with E-state index in [0.29, 0.717) is 44.3 Å². The van der Waals surface area contributed by atoms with Gasteiger partial charge in [0.15, 0.2) is 5.82 Å². The minimum atomic E-state index is -0.408. The number of tetrazole rings is 1. The number of H-pyrrole nitrogens is 1. The topological polar surface area (TPSA) is 159 Å². The highest BCUT2D eigenvalue weighted by atomic mass is 16.5. The smallest absolute Gasteiger partial charge is 0.200 e. The fraction of sp³-hybridized carbons (Fsp3) is 0.600.